The van der Waals surface area contributed by atoms with Gasteiger partial charge in [-0.25, -0.2) is 0 Å². The van der Waals surface area contributed by atoms with Gasteiger partial charge >= 0.3 is 0 Å². The minimum Gasteiger partial charge on any atom is -0.394 e. The van der Waals surface area contributed by atoms with Crippen molar-refractivity contribution in [2.45, 2.75) is 38.8 Å². The molecule has 0 radical (unpaired) electrons. The molecular weight excluding hydrogens is 194 g/mol. The Balaban J connectivity index is 3.68. The molecule has 1 unspecified atom stereocenters. The molecule has 0 aliphatic carbocycles. The Morgan fingerprint density at radius 3 is 2.40 bits per heavy atom. The first kappa shape index (κ1) is 14.8. The molecule has 0 aromatic rings. The van der Waals surface area contributed by atoms with E-state index in [2.05, 4.69) is 19.2 Å². The zero-order chi connectivity index (χ0) is 11.7. The normalized spacial score (nSPS) is 15.6. The monoisotopic (exact) mass is 219 g/mol. The molecule has 0 amide bonds. The Morgan fingerprint density at radius 1 is 1.27 bits per heavy atom. The maximum atomic E-state index is 9.29. The van der Waals surface area contributed by atoms with Gasteiger partial charge < -0.3 is 19.9 Å². The number of ether oxygens (including phenoxy) is 2. The molecular formula is C11H25NO3. The average molecular weight is 219 g/mol. The van der Waals surface area contributed by atoms with E-state index in [1.807, 2.05) is 6.92 Å². The SMILES string of the molecule is COCCOCCC(C)(CO)NC(C)C. The number of methoxy groups -OCH3 is 1. The highest BCUT2D eigenvalue weighted by molar-refractivity contribution is 4.83. The number of aliphatic hydroxyl groups excluding tert-OH is 1. The van der Waals surface area contributed by atoms with Gasteiger partial charge in [-0.3, -0.25) is 0 Å². The van der Waals surface area contributed by atoms with Crippen molar-refractivity contribution in [3.8, 4) is 0 Å². The maximum absolute atomic E-state index is 9.29. The second kappa shape index (κ2) is 8.05. The van der Waals surface area contributed by atoms with Crippen LogP contribution < -0.4 is 5.32 Å². The molecule has 4 heteroatoms. The van der Waals surface area contributed by atoms with Crippen molar-refractivity contribution in [3.63, 3.8) is 0 Å². The van der Waals surface area contributed by atoms with E-state index in [9.17, 15) is 5.11 Å². The highest BCUT2D eigenvalue weighted by Crippen LogP contribution is 2.09. The lowest BCUT2D eigenvalue weighted by Crippen LogP contribution is -2.49. The molecule has 0 aromatic heterocycles. The Labute approximate surface area is 93.0 Å². The van der Waals surface area contributed by atoms with Crippen molar-refractivity contribution in [3.05, 3.63) is 0 Å². The Kier molecular flexibility index (Phi) is 7.96. The van der Waals surface area contributed by atoms with Crippen LogP contribution in [0.15, 0.2) is 0 Å². The molecule has 0 aromatic carbocycles. The van der Waals surface area contributed by atoms with Crippen LogP contribution >= 0.6 is 0 Å². The summed E-state index contributed by atoms with van der Waals surface area (Å²) in [6, 6.07) is 0.362. The summed E-state index contributed by atoms with van der Waals surface area (Å²) in [5.41, 5.74) is -0.249. The minimum absolute atomic E-state index is 0.124. The highest BCUT2D eigenvalue weighted by atomic mass is 16.5. The van der Waals surface area contributed by atoms with Crippen molar-refractivity contribution in [2.24, 2.45) is 0 Å². The van der Waals surface area contributed by atoms with Crippen LogP contribution in [0.1, 0.15) is 27.2 Å². The molecule has 0 heterocycles. The largest absolute Gasteiger partial charge is 0.394 e. The van der Waals surface area contributed by atoms with Crippen molar-refractivity contribution < 1.29 is 14.6 Å². The van der Waals surface area contributed by atoms with Crippen LogP contribution in [-0.4, -0.2) is 50.2 Å². The van der Waals surface area contributed by atoms with Crippen LogP contribution in [-0.2, 0) is 9.47 Å². The first-order chi connectivity index (χ1) is 7.04. The van der Waals surface area contributed by atoms with E-state index in [0.29, 0.717) is 25.9 Å². The molecule has 2 N–H and O–H groups in total. The second-order valence-electron chi connectivity index (χ2n) is 4.37. The van der Waals surface area contributed by atoms with Crippen LogP contribution in [0.3, 0.4) is 0 Å². The van der Waals surface area contributed by atoms with Crippen LogP contribution in [0.2, 0.25) is 0 Å². The molecule has 0 aliphatic heterocycles. The summed E-state index contributed by atoms with van der Waals surface area (Å²) in [7, 11) is 1.65. The van der Waals surface area contributed by atoms with Crippen LogP contribution in [0.5, 0.6) is 0 Å². The van der Waals surface area contributed by atoms with Gasteiger partial charge in [-0.05, 0) is 13.3 Å². The molecule has 0 saturated heterocycles. The lowest BCUT2D eigenvalue weighted by molar-refractivity contribution is 0.0490. The van der Waals surface area contributed by atoms with Gasteiger partial charge in [-0.1, -0.05) is 13.8 Å². The third-order valence-corrected chi connectivity index (χ3v) is 2.22. The van der Waals surface area contributed by atoms with Crippen LogP contribution in [0.25, 0.3) is 0 Å². The molecule has 0 fully saturated rings. The van der Waals surface area contributed by atoms with E-state index >= 15 is 0 Å². The van der Waals surface area contributed by atoms with Crippen molar-refractivity contribution >= 4 is 0 Å². The van der Waals surface area contributed by atoms with Crippen LogP contribution in [0.4, 0.5) is 0 Å². The van der Waals surface area contributed by atoms with Gasteiger partial charge in [0.05, 0.1) is 19.8 Å². The Bertz CT molecular complexity index is 153. The van der Waals surface area contributed by atoms with E-state index in [0.717, 1.165) is 6.42 Å². The predicted molar refractivity (Wildman–Crippen MR) is 61.1 cm³/mol. The number of nitrogens with one attached hydrogen (secondary N) is 1. The first-order valence-electron chi connectivity index (χ1n) is 5.49. The van der Waals surface area contributed by atoms with Gasteiger partial charge in [-0.15, -0.1) is 0 Å². The summed E-state index contributed by atoms with van der Waals surface area (Å²) >= 11 is 0. The van der Waals surface area contributed by atoms with Crippen LogP contribution in [0, 0.1) is 0 Å². The summed E-state index contributed by atoms with van der Waals surface area (Å²) < 4.78 is 10.3. The smallest absolute Gasteiger partial charge is 0.0700 e. The van der Waals surface area contributed by atoms with E-state index in [-0.39, 0.29) is 12.1 Å². The standard InChI is InChI=1S/C11H25NO3/c1-10(2)12-11(3,9-13)5-6-15-8-7-14-4/h10,12-13H,5-9H2,1-4H3. The fraction of sp³-hybridized carbons (Fsp3) is 1.00. The highest BCUT2D eigenvalue weighted by Gasteiger charge is 2.23. The van der Waals surface area contributed by atoms with E-state index in [4.69, 9.17) is 9.47 Å². The summed E-state index contributed by atoms with van der Waals surface area (Å²) in [5.74, 6) is 0. The zero-order valence-electron chi connectivity index (χ0n) is 10.4. The van der Waals surface area contributed by atoms with Gasteiger partial charge in [0, 0.05) is 25.3 Å². The minimum atomic E-state index is -0.249. The topological polar surface area (TPSA) is 50.7 Å². The quantitative estimate of drug-likeness (QED) is 0.563. The molecule has 15 heavy (non-hydrogen) atoms. The zero-order valence-corrected chi connectivity index (χ0v) is 10.4. The van der Waals surface area contributed by atoms with E-state index < -0.39 is 0 Å². The summed E-state index contributed by atoms with van der Waals surface area (Å²) in [4.78, 5) is 0. The van der Waals surface area contributed by atoms with Gasteiger partial charge in [0.2, 0.25) is 0 Å². The fourth-order valence-electron chi connectivity index (χ4n) is 1.44. The fourth-order valence-corrected chi connectivity index (χ4v) is 1.44. The molecule has 4 nitrogen and oxygen atoms in total. The number of rotatable bonds is 9. The summed E-state index contributed by atoms with van der Waals surface area (Å²) in [6.07, 6.45) is 0.797. The van der Waals surface area contributed by atoms with Crippen molar-refractivity contribution in [1.82, 2.24) is 5.32 Å². The average Bonchev–Trinajstić information content (AvgIpc) is 2.16. The molecule has 1 atom stereocenters. The van der Waals surface area contributed by atoms with Crippen molar-refractivity contribution in [1.29, 1.82) is 0 Å². The first-order valence-corrected chi connectivity index (χ1v) is 5.49. The predicted octanol–water partition coefficient (Wildman–Crippen LogP) is 0.788. The lowest BCUT2D eigenvalue weighted by Gasteiger charge is -2.31. The molecule has 0 saturated carbocycles. The number of hydrogen-bond donors (Lipinski definition) is 2. The Morgan fingerprint density at radius 2 is 1.93 bits per heavy atom. The summed E-state index contributed by atoms with van der Waals surface area (Å²) in [6.45, 7) is 8.14. The number of aliphatic hydroxyl groups is 1. The lowest BCUT2D eigenvalue weighted by atomic mass is 9.98. The van der Waals surface area contributed by atoms with Gasteiger partial charge in [0.1, 0.15) is 0 Å². The second-order valence-corrected chi connectivity index (χ2v) is 4.37. The molecule has 0 spiro atoms. The van der Waals surface area contributed by atoms with Crippen molar-refractivity contribution in [2.75, 3.05) is 33.5 Å². The maximum Gasteiger partial charge on any atom is 0.0700 e. The van der Waals surface area contributed by atoms with Gasteiger partial charge in [0.25, 0.3) is 0 Å². The Hall–Kier alpha value is -0.160. The third-order valence-electron chi connectivity index (χ3n) is 2.22. The molecule has 0 rings (SSSR count). The summed E-state index contributed by atoms with van der Waals surface area (Å²) in [5, 5.41) is 12.6. The van der Waals surface area contributed by atoms with Gasteiger partial charge in [-0.2, -0.15) is 0 Å². The third kappa shape index (κ3) is 7.73. The number of hydrogen-bond acceptors (Lipinski definition) is 4. The van der Waals surface area contributed by atoms with Gasteiger partial charge in [0.15, 0.2) is 0 Å². The molecule has 0 aliphatic rings. The van der Waals surface area contributed by atoms with E-state index in [1.54, 1.807) is 7.11 Å². The molecule has 92 valence electrons. The molecule has 0 bridgehead atoms. The van der Waals surface area contributed by atoms with E-state index in [1.165, 1.54) is 0 Å².